The topological polar surface area (TPSA) is 62.6 Å². The number of nitrogens with one attached hydrogen (secondary N) is 1. The normalized spacial score (nSPS) is 16.8. The second kappa shape index (κ2) is 8.74. The van der Waals surface area contributed by atoms with Crippen LogP contribution in [0.1, 0.15) is 56.6 Å². The fourth-order valence-electron chi connectivity index (χ4n) is 3.64. The largest absolute Gasteiger partial charge is 0.467 e. The molecule has 0 unspecified atom stereocenters. The Balaban J connectivity index is 1.82. The Hall–Kier alpha value is -2.08. The van der Waals surface area contributed by atoms with E-state index >= 15 is 0 Å². The molecule has 0 radical (unpaired) electrons. The number of carbonyl (C=O) groups excluding carboxylic acids is 2. The summed E-state index contributed by atoms with van der Waals surface area (Å²) in [4.78, 5) is 29.1. The van der Waals surface area contributed by atoms with Gasteiger partial charge in [-0.2, -0.15) is 0 Å². The molecular weight excluding hydrogens is 360 g/mol. The lowest BCUT2D eigenvalue weighted by atomic mass is 9.93. The molecule has 146 valence electrons. The number of thiophene rings is 1. The fourth-order valence-corrected chi connectivity index (χ4v) is 4.33. The molecule has 2 amide bonds. The predicted octanol–water partition coefficient (Wildman–Crippen LogP) is 4.14. The van der Waals surface area contributed by atoms with E-state index in [9.17, 15) is 9.59 Å². The molecule has 2 aromatic heterocycles. The number of rotatable bonds is 8. The first-order valence-corrected chi connectivity index (χ1v) is 10.6. The van der Waals surface area contributed by atoms with Gasteiger partial charge in [-0.3, -0.25) is 9.59 Å². The van der Waals surface area contributed by atoms with Gasteiger partial charge in [0.2, 0.25) is 11.8 Å². The van der Waals surface area contributed by atoms with Crippen LogP contribution in [0.15, 0.2) is 40.3 Å². The van der Waals surface area contributed by atoms with Crippen molar-refractivity contribution in [1.29, 1.82) is 0 Å². The molecule has 0 aromatic carbocycles. The highest BCUT2D eigenvalue weighted by atomic mass is 32.1. The van der Waals surface area contributed by atoms with E-state index in [2.05, 4.69) is 5.32 Å². The lowest BCUT2D eigenvalue weighted by Crippen LogP contribution is -2.59. The molecule has 1 aliphatic rings. The van der Waals surface area contributed by atoms with Gasteiger partial charge in [-0.25, -0.2) is 0 Å². The average molecular weight is 389 g/mol. The van der Waals surface area contributed by atoms with Crippen molar-refractivity contribution in [2.24, 2.45) is 0 Å². The highest BCUT2D eigenvalue weighted by Gasteiger charge is 2.42. The van der Waals surface area contributed by atoms with Crippen LogP contribution in [0.2, 0.25) is 0 Å². The Labute approximate surface area is 164 Å². The Kier molecular flexibility index (Phi) is 6.37. The minimum absolute atomic E-state index is 0.0558. The first kappa shape index (κ1) is 19.7. The Morgan fingerprint density at radius 3 is 2.67 bits per heavy atom. The molecule has 3 rings (SSSR count). The Morgan fingerprint density at radius 1 is 1.30 bits per heavy atom. The van der Waals surface area contributed by atoms with Gasteiger partial charge in [0, 0.05) is 10.9 Å². The van der Waals surface area contributed by atoms with E-state index in [0.29, 0.717) is 25.1 Å². The second-order valence-electron chi connectivity index (χ2n) is 7.40. The van der Waals surface area contributed by atoms with Gasteiger partial charge in [-0.1, -0.05) is 25.8 Å². The van der Waals surface area contributed by atoms with Crippen molar-refractivity contribution < 1.29 is 14.0 Å². The van der Waals surface area contributed by atoms with Crippen LogP contribution in [0, 0.1) is 0 Å². The number of amides is 2. The minimum atomic E-state index is -0.913. The van der Waals surface area contributed by atoms with Crippen LogP contribution in [0.5, 0.6) is 0 Å². The zero-order chi connectivity index (χ0) is 19.3. The molecule has 2 aromatic rings. The average Bonchev–Trinajstić information content (AvgIpc) is 3.42. The van der Waals surface area contributed by atoms with E-state index in [1.165, 1.54) is 0 Å². The fraction of sp³-hybridized carbons (Fsp3) is 0.524. The molecular formula is C21H28N2O3S. The number of carbonyl (C=O) groups is 2. The molecule has 6 heteroatoms. The van der Waals surface area contributed by atoms with E-state index in [1.807, 2.05) is 37.4 Å². The zero-order valence-corrected chi connectivity index (χ0v) is 16.9. The van der Waals surface area contributed by atoms with Gasteiger partial charge >= 0.3 is 0 Å². The van der Waals surface area contributed by atoms with Gasteiger partial charge in [0.1, 0.15) is 11.3 Å². The quantitative estimate of drug-likeness (QED) is 0.739. The summed E-state index contributed by atoms with van der Waals surface area (Å²) in [5.74, 6) is 0.561. The lowest BCUT2D eigenvalue weighted by Gasteiger charge is -2.40. The maximum Gasteiger partial charge on any atom is 0.245 e. The minimum Gasteiger partial charge on any atom is -0.467 e. The van der Waals surface area contributed by atoms with E-state index < -0.39 is 5.54 Å². The summed E-state index contributed by atoms with van der Waals surface area (Å²) >= 11 is 1.56. The molecule has 1 saturated carbocycles. The van der Waals surface area contributed by atoms with Crippen molar-refractivity contribution in [3.8, 4) is 0 Å². The van der Waals surface area contributed by atoms with Crippen molar-refractivity contribution in [1.82, 2.24) is 10.2 Å². The van der Waals surface area contributed by atoms with Crippen LogP contribution in [0.25, 0.3) is 0 Å². The standard InChI is InChI=1S/C21H28N2O3S/c1-3-21(2,20(25)22-16-8-4-5-9-16)23(15-17-10-6-12-26-17)19(24)14-18-11-7-13-27-18/h6-7,10-13,16H,3-5,8-9,14-15H2,1-2H3,(H,22,25)/t21-/m0/s1. The van der Waals surface area contributed by atoms with Gasteiger partial charge in [-0.05, 0) is 49.8 Å². The first-order chi connectivity index (χ1) is 13.0. The molecule has 5 nitrogen and oxygen atoms in total. The smallest absolute Gasteiger partial charge is 0.245 e. The maximum absolute atomic E-state index is 13.2. The summed E-state index contributed by atoms with van der Waals surface area (Å²) in [6.07, 6.45) is 6.79. The van der Waals surface area contributed by atoms with Crippen LogP contribution < -0.4 is 5.32 Å². The summed E-state index contributed by atoms with van der Waals surface area (Å²) in [5, 5.41) is 5.15. The van der Waals surface area contributed by atoms with Gasteiger partial charge in [0.05, 0.1) is 19.2 Å². The number of furan rings is 1. The van der Waals surface area contributed by atoms with Gasteiger partial charge in [-0.15, -0.1) is 11.3 Å². The molecule has 1 atom stereocenters. The van der Waals surface area contributed by atoms with E-state index in [1.54, 1.807) is 28.6 Å². The van der Waals surface area contributed by atoms with Crippen molar-refractivity contribution in [2.45, 2.75) is 70.5 Å². The van der Waals surface area contributed by atoms with Gasteiger partial charge in [0.15, 0.2) is 0 Å². The number of nitrogens with zero attached hydrogens (tertiary/aromatic N) is 1. The van der Waals surface area contributed by atoms with Gasteiger partial charge < -0.3 is 14.6 Å². The van der Waals surface area contributed by atoms with E-state index in [4.69, 9.17) is 4.42 Å². The Morgan fingerprint density at radius 2 is 2.07 bits per heavy atom. The molecule has 2 heterocycles. The van der Waals surface area contributed by atoms with Crippen molar-refractivity contribution in [3.05, 3.63) is 46.5 Å². The summed E-state index contributed by atoms with van der Waals surface area (Å²) in [6, 6.07) is 7.77. The van der Waals surface area contributed by atoms with E-state index in [0.717, 1.165) is 30.6 Å². The molecule has 0 bridgehead atoms. The highest BCUT2D eigenvalue weighted by Crippen LogP contribution is 2.27. The number of hydrogen-bond donors (Lipinski definition) is 1. The summed E-state index contributed by atoms with van der Waals surface area (Å²) in [6.45, 7) is 4.12. The van der Waals surface area contributed by atoms with Crippen LogP contribution in [0.4, 0.5) is 0 Å². The first-order valence-electron chi connectivity index (χ1n) is 9.69. The molecule has 0 spiro atoms. The van der Waals surface area contributed by atoms with E-state index in [-0.39, 0.29) is 17.9 Å². The monoisotopic (exact) mass is 388 g/mol. The predicted molar refractivity (Wildman–Crippen MR) is 106 cm³/mol. The van der Waals surface area contributed by atoms with Crippen molar-refractivity contribution >= 4 is 23.2 Å². The third-order valence-corrected chi connectivity index (χ3v) is 6.44. The maximum atomic E-state index is 13.2. The zero-order valence-electron chi connectivity index (χ0n) is 16.1. The highest BCUT2D eigenvalue weighted by molar-refractivity contribution is 7.10. The molecule has 1 aliphatic carbocycles. The second-order valence-corrected chi connectivity index (χ2v) is 8.43. The van der Waals surface area contributed by atoms with Gasteiger partial charge in [0.25, 0.3) is 0 Å². The molecule has 0 saturated heterocycles. The summed E-state index contributed by atoms with van der Waals surface area (Å²) < 4.78 is 5.48. The van der Waals surface area contributed by atoms with Crippen molar-refractivity contribution in [3.63, 3.8) is 0 Å². The number of hydrogen-bond acceptors (Lipinski definition) is 4. The van der Waals surface area contributed by atoms with Crippen LogP contribution in [-0.4, -0.2) is 28.3 Å². The lowest BCUT2D eigenvalue weighted by molar-refractivity contribution is -0.148. The van der Waals surface area contributed by atoms with Crippen LogP contribution in [0.3, 0.4) is 0 Å². The SMILES string of the molecule is CC[C@@](C)(C(=O)NC1CCCC1)N(Cc1ccco1)C(=O)Cc1cccs1. The molecule has 0 aliphatic heterocycles. The molecule has 1 fully saturated rings. The molecule has 1 N–H and O–H groups in total. The summed E-state index contributed by atoms with van der Waals surface area (Å²) in [5.41, 5.74) is -0.913. The Bertz CT molecular complexity index is 736. The third kappa shape index (κ3) is 4.61. The third-order valence-electron chi connectivity index (χ3n) is 5.56. The molecule has 27 heavy (non-hydrogen) atoms. The summed E-state index contributed by atoms with van der Waals surface area (Å²) in [7, 11) is 0. The van der Waals surface area contributed by atoms with Crippen molar-refractivity contribution in [2.75, 3.05) is 0 Å². The van der Waals surface area contributed by atoms with Crippen LogP contribution >= 0.6 is 11.3 Å². The van der Waals surface area contributed by atoms with Crippen LogP contribution in [-0.2, 0) is 22.6 Å².